The summed E-state index contributed by atoms with van der Waals surface area (Å²) in [6.45, 7) is 4.69. The SMILES string of the molecule is CCOc1ccc(C(=S)NC)cc1C. The van der Waals surface area contributed by atoms with E-state index in [2.05, 4.69) is 5.32 Å². The van der Waals surface area contributed by atoms with E-state index < -0.39 is 0 Å². The minimum Gasteiger partial charge on any atom is -0.494 e. The molecule has 76 valence electrons. The molecule has 0 unspecified atom stereocenters. The summed E-state index contributed by atoms with van der Waals surface area (Å²) in [5.41, 5.74) is 2.14. The van der Waals surface area contributed by atoms with Gasteiger partial charge in [-0.05, 0) is 37.6 Å². The molecule has 0 fully saturated rings. The standard InChI is InChI=1S/C11H15NOS/c1-4-13-10-6-5-9(7-8(10)2)11(14)12-3/h5-7H,4H2,1-3H3,(H,12,14). The predicted octanol–water partition coefficient (Wildman–Crippen LogP) is 2.29. The molecule has 1 N–H and O–H groups in total. The van der Waals surface area contributed by atoms with Crippen LogP contribution in [-0.4, -0.2) is 18.6 Å². The van der Waals surface area contributed by atoms with E-state index in [4.69, 9.17) is 17.0 Å². The van der Waals surface area contributed by atoms with Crippen molar-refractivity contribution in [1.29, 1.82) is 0 Å². The van der Waals surface area contributed by atoms with Crippen molar-refractivity contribution >= 4 is 17.2 Å². The van der Waals surface area contributed by atoms with Gasteiger partial charge in [-0.1, -0.05) is 12.2 Å². The summed E-state index contributed by atoms with van der Waals surface area (Å²) < 4.78 is 5.44. The summed E-state index contributed by atoms with van der Waals surface area (Å²) in [4.78, 5) is 0.760. The van der Waals surface area contributed by atoms with Crippen molar-refractivity contribution in [2.75, 3.05) is 13.7 Å². The molecule has 1 rings (SSSR count). The highest BCUT2D eigenvalue weighted by molar-refractivity contribution is 7.80. The van der Waals surface area contributed by atoms with Gasteiger partial charge in [0.15, 0.2) is 0 Å². The van der Waals surface area contributed by atoms with Gasteiger partial charge in [-0.15, -0.1) is 0 Å². The molecular weight excluding hydrogens is 194 g/mol. The van der Waals surface area contributed by atoms with Crippen LogP contribution in [0.5, 0.6) is 5.75 Å². The summed E-state index contributed by atoms with van der Waals surface area (Å²) in [6, 6.07) is 5.96. The first-order chi connectivity index (χ1) is 6.69. The van der Waals surface area contributed by atoms with Crippen LogP contribution in [0, 0.1) is 6.92 Å². The van der Waals surface area contributed by atoms with Crippen molar-refractivity contribution in [3.8, 4) is 5.75 Å². The molecule has 0 amide bonds. The molecule has 0 aliphatic carbocycles. The molecule has 0 saturated carbocycles. The summed E-state index contributed by atoms with van der Waals surface area (Å²) >= 11 is 5.14. The molecular formula is C11H15NOS. The smallest absolute Gasteiger partial charge is 0.122 e. The zero-order valence-corrected chi connectivity index (χ0v) is 9.57. The average Bonchev–Trinajstić information content (AvgIpc) is 2.20. The molecule has 14 heavy (non-hydrogen) atoms. The van der Waals surface area contributed by atoms with Crippen LogP contribution in [0.15, 0.2) is 18.2 Å². The molecule has 0 radical (unpaired) electrons. The summed E-state index contributed by atoms with van der Waals surface area (Å²) in [5.74, 6) is 0.926. The van der Waals surface area contributed by atoms with Crippen molar-refractivity contribution in [1.82, 2.24) is 5.32 Å². The molecule has 0 heterocycles. The minimum atomic E-state index is 0.691. The van der Waals surface area contributed by atoms with Gasteiger partial charge in [0.05, 0.1) is 6.61 Å². The van der Waals surface area contributed by atoms with Gasteiger partial charge in [0.2, 0.25) is 0 Å². The van der Waals surface area contributed by atoms with Crippen LogP contribution in [0.4, 0.5) is 0 Å². The molecule has 0 atom stereocenters. The van der Waals surface area contributed by atoms with E-state index in [0.717, 1.165) is 21.9 Å². The monoisotopic (exact) mass is 209 g/mol. The third kappa shape index (κ3) is 2.45. The zero-order chi connectivity index (χ0) is 10.6. The maximum atomic E-state index is 5.44. The minimum absolute atomic E-state index is 0.691. The highest BCUT2D eigenvalue weighted by Crippen LogP contribution is 2.19. The van der Waals surface area contributed by atoms with Gasteiger partial charge in [-0.25, -0.2) is 0 Å². The van der Waals surface area contributed by atoms with Gasteiger partial charge in [-0.2, -0.15) is 0 Å². The first kappa shape index (κ1) is 11.0. The first-order valence-corrected chi connectivity index (χ1v) is 5.05. The lowest BCUT2D eigenvalue weighted by atomic mass is 10.1. The summed E-state index contributed by atoms with van der Waals surface area (Å²) in [5, 5.41) is 2.95. The molecule has 0 aromatic heterocycles. The van der Waals surface area contributed by atoms with E-state index in [1.54, 1.807) is 0 Å². The fraction of sp³-hybridized carbons (Fsp3) is 0.364. The molecule has 0 spiro atoms. The Morgan fingerprint density at radius 2 is 2.21 bits per heavy atom. The van der Waals surface area contributed by atoms with E-state index in [9.17, 15) is 0 Å². The second-order valence-corrected chi connectivity index (χ2v) is 3.40. The number of nitrogens with one attached hydrogen (secondary N) is 1. The van der Waals surface area contributed by atoms with Gasteiger partial charge in [0.1, 0.15) is 10.7 Å². The topological polar surface area (TPSA) is 21.3 Å². The lowest BCUT2D eigenvalue weighted by Crippen LogP contribution is -2.16. The number of thiocarbonyl (C=S) groups is 1. The van der Waals surface area contributed by atoms with Crippen molar-refractivity contribution < 1.29 is 4.74 Å². The Morgan fingerprint density at radius 1 is 1.50 bits per heavy atom. The van der Waals surface area contributed by atoms with Crippen LogP contribution in [-0.2, 0) is 0 Å². The van der Waals surface area contributed by atoms with Crippen molar-refractivity contribution in [2.24, 2.45) is 0 Å². The van der Waals surface area contributed by atoms with Crippen molar-refractivity contribution in [3.63, 3.8) is 0 Å². The Bertz CT molecular complexity index is 336. The first-order valence-electron chi connectivity index (χ1n) is 4.64. The second kappa shape index (κ2) is 4.96. The maximum absolute atomic E-state index is 5.44. The van der Waals surface area contributed by atoms with Crippen LogP contribution in [0.2, 0.25) is 0 Å². The summed E-state index contributed by atoms with van der Waals surface area (Å²) in [7, 11) is 1.83. The number of benzene rings is 1. The summed E-state index contributed by atoms with van der Waals surface area (Å²) in [6.07, 6.45) is 0. The van der Waals surface area contributed by atoms with Crippen LogP contribution >= 0.6 is 12.2 Å². The number of hydrogen-bond donors (Lipinski definition) is 1. The fourth-order valence-electron chi connectivity index (χ4n) is 1.25. The van der Waals surface area contributed by atoms with Crippen LogP contribution in [0.25, 0.3) is 0 Å². The third-order valence-electron chi connectivity index (χ3n) is 1.96. The van der Waals surface area contributed by atoms with Gasteiger partial charge in [-0.3, -0.25) is 0 Å². The maximum Gasteiger partial charge on any atom is 0.122 e. The number of rotatable bonds is 3. The molecule has 0 aliphatic heterocycles. The normalized spacial score (nSPS) is 9.64. The van der Waals surface area contributed by atoms with Gasteiger partial charge >= 0.3 is 0 Å². The molecule has 3 heteroatoms. The predicted molar refractivity (Wildman–Crippen MR) is 63.1 cm³/mol. The lowest BCUT2D eigenvalue weighted by Gasteiger charge is -2.09. The lowest BCUT2D eigenvalue weighted by molar-refractivity contribution is 0.338. The molecule has 1 aromatic carbocycles. The van der Waals surface area contributed by atoms with Gasteiger partial charge < -0.3 is 10.1 Å². The van der Waals surface area contributed by atoms with Gasteiger partial charge in [0, 0.05) is 12.6 Å². The molecule has 0 aliphatic rings. The largest absolute Gasteiger partial charge is 0.494 e. The molecule has 0 bridgehead atoms. The Hall–Kier alpha value is -1.09. The van der Waals surface area contributed by atoms with E-state index >= 15 is 0 Å². The Morgan fingerprint density at radius 3 is 2.71 bits per heavy atom. The number of aryl methyl sites for hydroxylation is 1. The van der Waals surface area contributed by atoms with E-state index in [1.165, 1.54) is 0 Å². The van der Waals surface area contributed by atoms with E-state index in [-0.39, 0.29) is 0 Å². The highest BCUT2D eigenvalue weighted by Gasteiger charge is 2.02. The Kier molecular flexibility index (Phi) is 3.89. The van der Waals surface area contributed by atoms with Crippen LogP contribution in [0.1, 0.15) is 18.1 Å². The Balaban J connectivity index is 2.94. The third-order valence-corrected chi connectivity index (χ3v) is 2.40. The Labute approximate surface area is 90.3 Å². The second-order valence-electron chi connectivity index (χ2n) is 2.99. The molecule has 2 nitrogen and oxygen atoms in total. The van der Waals surface area contributed by atoms with Crippen molar-refractivity contribution in [3.05, 3.63) is 29.3 Å². The van der Waals surface area contributed by atoms with Crippen molar-refractivity contribution in [2.45, 2.75) is 13.8 Å². The van der Waals surface area contributed by atoms with E-state index in [0.29, 0.717) is 6.61 Å². The molecule has 0 saturated heterocycles. The number of ether oxygens (including phenoxy) is 1. The van der Waals surface area contributed by atoms with E-state index in [1.807, 2.05) is 39.1 Å². The van der Waals surface area contributed by atoms with Crippen LogP contribution < -0.4 is 10.1 Å². The van der Waals surface area contributed by atoms with Crippen LogP contribution in [0.3, 0.4) is 0 Å². The fourth-order valence-corrected chi connectivity index (χ4v) is 1.38. The van der Waals surface area contributed by atoms with Gasteiger partial charge in [0.25, 0.3) is 0 Å². The average molecular weight is 209 g/mol. The zero-order valence-electron chi connectivity index (χ0n) is 8.76. The molecule has 1 aromatic rings. The number of hydrogen-bond acceptors (Lipinski definition) is 2. The highest BCUT2D eigenvalue weighted by atomic mass is 32.1. The quantitative estimate of drug-likeness (QED) is 0.772.